The third-order valence-electron chi connectivity index (χ3n) is 5.90. The minimum Gasteiger partial charge on any atom is -0.481 e. The van der Waals surface area contributed by atoms with Gasteiger partial charge in [0.1, 0.15) is 5.82 Å². The third-order valence-corrected chi connectivity index (χ3v) is 5.90. The van der Waals surface area contributed by atoms with Crippen molar-refractivity contribution >= 4 is 11.9 Å². The Balaban J connectivity index is 1.65. The van der Waals surface area contributed by atoms with Crippen molar-refractivity contribution in [2.75, 3.05) is 6.54 Å². The number of carbonyl (C=O) groups is 2. The first-order chi connectivity index (χ1) is 11.5. The van der Waals surface area contributed by atoms with Gasteiger partial charge in [-0.1, -0.05) is 31.4 Å². The predicted molar refractivity (Wildman–Crippen MR) is 88.1 cm³/mol. The van der Waals surface area contributed by atoms with Crippen LogP contribution in [0, 0.1) is 11.2 Å². The normalized spacial score (nSPS) is 21.0. The monoisotopic (exact) mass is 333 g/mol. The molecule has 5 heteroatoms. The summed E-state index contributed by atoms with van der Waals surface area (Å²) in [5, 5.41) is 12.3. The summed E-state index contributed by atoms with van der Waals surface area (Å²) in [6.45, 7) is 0.493. The molecule has 0 heterocycles. The number of carboxylic acid groups (broad SMARTS) is 1. The number of carbonyl (C=O) groups excluding carboxylic acids is 1. The summed E-state index contributed by atoms with van der Waals surface area (Å²) < 4.78 is 13.2. The molecular weight excluding hydrogens is 309 g/mol. The molecule has 3 rings (SSSR count). The molecule has 0 atom stereocenters. The fourth-order valence-corrected chi connectivity index (χ4v) is 4.13. The third kappa shape index (κ3) is 3.17. The molecule has 2 N–H and O–H groups in total. The van der Waals surface area contributed by atoms with Gasteiger partial charge in [0.15, 0.2) is 0 Å². The number of carboxylic acids is 1. The van der Waals surface area contributed by atoms with Crippen molar-refractivity contribution < 1.29 is 19.1 Å². The lowest BCUT2D eigenvalue weighted by Crippen LogP contribution is -2.45. The van der Waals surface area contributed by atoms with Crippen LogP contribution >= 0.6 is 0 Å². The molecule has 4 nitrogen and oxygen atoms in total. The van der Waals surface area contributed by atoms with Gasteiger partial charge in [0.2, 0.25) is 5.91 Å². The van der Waals surface area contributed by atoms with Crippen LogP contribution in [0.25, 0.3) is 0 Å². The maximum absolute atomic E-state index is 13.2. The maximum Gasteiger partial charge on any atom is 0.310 e. The van der Waals surface area contributed by atoms with Gasteiger partial charge in [-0.2, -0.15) is 0 Å². The second-order valence-electron chi connectivity index (χ2n) is 7.39. The zero-order valence-electron chi connectivity index (χ0n) is 13.8. The number of hydrogen-bond donors (Lipinski definition) is 2. The van der Waals surface area contributed by atoms with Crippen molar-refractivity contribution in [3.05, 3.63) is 35.6 Å². The lowest BCUT2D eigenvalue weighted by Gasteiger charge is -2.37. The lowest BCUT2D eigenvalue weighted by molar-refractivity contribution is -0.157. The van der Waals surface area contributed by atoms with E-state index in [0.29, 0.717) is 19.4 Å². The van der Waals surface area contributed by atoms with E-state index in [2.05, 4.69) is 5.32 Å². The summed E-state index contributed by atoms with van der Waals surface area (Å²) in [6, 6.07) is 6.53. The number of halogens is 1. The van der Waals surface area contributed by atoms with Gasteiger partial charge in [-0.3, -0.25) is 9.59 Å². The molecule has 0 aromatic heterocycles. The maximum atomic E-state index is 13.2. The summed E-state index contributed by atoms with van der Waals surface area (Å²) in [6.07, 6.45) is 6.20. The Bertz CT molecular complexity index is 616. The topological polar surface area (TPSA) is 66.4 Å². The van der Waals surface area contributed by atoms with Crippen molar-refractivity contribution in [1.82, 2.24) is 5.32 Å². The van der Waals surface area contributed by atoms with E-state index < -0.39 is 11.4 Å². The lowest BCUT2D eigenvalue weighted by atomic mass is 9.66. The van der Waals surface area contributed by atoms with Crippen LogP contribution in [-0.4, -0.2) is 23.5 Å². The Hall–Kier alpha value is -1.91. The molecule has 0 saturated heterocycles. The molecule has 2 saturated carbocycles. The van der Waals surface area contributed by atoms with Crippen molar-refractivity contribution in [3.8, 4) is 0 Å². The Labute approximate surface area is 141 Å². The first-order valence-electron chi connectivity index (χ1n) is 8.72. The second kappa shape index (κ2) is 6.54. The zero-order chi connectivity index (χ0) is 17.2. The van der Waals surface area contributed by atoms with Gasteiger partial charge in [-0.25, -0.2) is 4.39 Å². The van der Waals surface area contributed by atoms with E-state index >= 15 is 0 Å². The highest BCUT2D eigenvalue weighted by Crippen LogP contribution is 2.44. The number of benzene rings is 1. The van der Waals surface area contributed by atoms with Gasteiger partial charge in [0.05, 0.1) is 5.41 Å². The van der Waals surface area contributed by atoms with Gasteiger partial charge in [0, 0.05) is 18.4 Å². The molecule has 24 heavy (non-hydrogen) atoms. The summed E-state index contributed by atoms with van der Waals surface area (Å²) >= 11 is 0. The van der Waals surface area contributed by atoms with Crippen LogP contribution in [0.3, 0.4) is 0 Å². The molecule has 1 amide bonds. The van der Waals surface area contributed by atoms with Gasteiger partial charge >= 0.3 is 5.97 Å². The van der Waals surface area contributed by atoms with Crippen LogP contribution in [0.2, 0.25) is 0 Å². The highest BCUT2D eigenvalue weighted by Gasteiger charge is 2.46. The van der Waals surface area contributed by atoms with Crippen molar-refractivity contribution in [2.45, 2.75) is 56.8 Å². The van der Waals surface area contributed by atoms with Gasteiger partial charge < -0.3 is 10.4 Å². The van der Waals surface area contributed by atoms with E-state index in [9.17, 15) is 19.1 Å². The van der Waals surface area contributed by atoms with Gasteiger partial charge in [-0.15, -0.1) is 0 Å². The SMILES string of the molecule is O=C(CC1(C(=O)O)CCC1)NCC1(c2ccc(F)cc2)CCCC1. The molecule has 2 aliphatic rings. The molecule has 2 aliphatic carbocycles. The van der Waals surface area contributed by atoms with Gasteiger partial charge in [-0.05, 0) is 43.4 Å². The smallest absolute Gasteiger partial charge is 0.310 e. The average molecular weight is 333 g/mol. The van der Waals surface area contributed by atoms with Crippen molar-refractivity contribution in [3.63, 3.8) is 0 Å². The minimum atomic E-state index is -0.863. The second-order valence-corrected chi connectivity index (χ2v) is 7.39. The number of amides is 1. The summed E-state index contributed by atoms with van der Waals surface area (Å²) in [4.78, 5) is 23.7. The van der Waals surface area contributed by atoms with Crippen molar-refractivity contribution in [2.24, 2.45) is 5.41 Å². The fourth-order valence-electron chi connectivity index (χ4n) is 4.13. The quantitative estimate of drug-likeness (QED) is 0.838. The molecule has 1 aromatic carbocycles. The van der Waals surface area contributed by atoms with E-state index in [1.165, 1.54) is 12.1 Å². The number of rotatable bonds is 6. The van der Waals surface area contributed by atoms with Gasteiger partial charge in [0.25, 0.3) is 0 Å². The Morgan fingerprint density at radius 2 is 1.67 bits per heavy atom. The Morgan fingerprint density at radius 1 is 1.04 bits per heavy atom. The number of aliphatic carboxylic acids is 1. The van der Waals surface area contributed by atoms with Crippen LogP contribution in [0.1, 0.15) is 56.9 Å². The molecule has 0 unspecified atom stereocenters. The molecule has 0 bridgehead atoms. The molecular formula is C19H24FNO3. The van der Waals surface area contributed by atoms with E-state index in [-0.39, 0.29) is 23.6 Å². The van der Waals surface area contributed by atoms with E-state index in [4.69, 9.17) is 0 Å². The number of hydrogen-bond acceptors (Lipinski definition) is 2. The van der Waals surface area contributed by atoms with Crippen LogP contribution in [0.5, 0.6) is 0 Å². The largest absolute Gasteiger partial charge is 0.481 e. The molecule has 0 aliphatic heterocycles. The van der Waals surface area contributed by atoms with Crippen LogP contribution in [0.15, 0.2) is 24.3 Å². The van der Waals surface area contributed by atoms with E-state index in [1.807, 2.05) is 0 Å². The molecule has 2 fully saturated rings. The molecule has 1 aromatic rings. The highest BCUT2D eigenvalue weighted by atomic mass is 19.1. The minimum absolute atomic E-state index is 0.0574. The fraction of sp³-hybridized carbons (Fsp3) is 0.579. The van der Waals surface area contributed by atoms with E-state index in [1.54, 1.807) is 12.1 Å². The van der Waals surface area contributed by atoms with Crippen molar-refractivity contribution in [1.29, 1.82) is 0 Å². The first-order valence-corrected chi connectivity index (χ1v) is 8.72. The van der Waals surface area contributed by atoms with Crippen LogP contribution in [-0.2, 0) is 15.0 Å². The molecule has 0 spiro atoms. The summed E-state index contributed by atoms with van der Waals surface area (Å²) in [5.74, 6) is -1.31. The first kappa shape index (κ1) is 16.9. The van der Waals surface area contributed by atoms with Crippen LogP contribution < -0.4 is 5.32 Å². The van der Waals surface area contributed by atoms with Crippen LogP contribution in [0.4, 0.5) is 4.39 Å². The molecule has 0 radical (unpaired) electrons. The number of nitrogens with one attached hydrogen (secondary N) is 1. The molecule has 130 valence electrons. The van der Waals surface area contributed by atoms with E-state index in [0.717, 1.165) is 37.7 Å². The average Bonchev–Trinajstić information content (AvgIpc) is 2.99. The highest BCUT2D eigenvalue weighted by molar-refractivity contribution is 5.85. The summed E-state index contributed by atoms with van der Waals surface area (Å²) in [5.41, 5.74) is 0.0422. The Morgan fingerprint density at radius 3 is 2.17 bits per heavy atom. The summed E-state index contributed by atoms with van der Waals surface area (Å²) in [7, 11) is 0. The standard InChI is InChI=1S/C19H24FNO3/c20-15-6-4-14(5-7-15)19(8-1-2-9-19)13-21-16(22)12-18(17(23)24)10-3-11-18/h4-7H,1-3,8-13H2,(H,21,22)(H,23,24). The zero-order valence-corrected chi connectivity index (χ0v) is 13.8. The Kier molecular flexibility index (Phi) is 4.61. The predicted octanol–water partition coefficient (Wildman–Crippen LogP) is 3.40.